The van der Waals surface area contributed by atoms with Crippen LogP contribution in [0.1, 0.15) is 15.9 Å². The highest BCUT2D eigenvalue weighted by atomic mass is 16.4. The SMILES string of the molecule is O=C(O)/C=C/c1ccnc(NC(=O)c2ccncc2)c1. The molecule has 2 aromatic heterocycles. The van der Waals surface area contributed by atoms with Gasteiger partial charge in [-0.3, -0.25) is 9.78 Å². The van der Waals surface area contributed by atoms with Crippen molar-refractivity contribution >= 4 is 23.8 Å². The molecule has 0 aliphatic rings. The number of carboxylic acid groups (broad SMARTS) is 1. The van der Waals surface area contributed by atoms with Crippen molar-refractivity contribution in [2.45, 2.75) is 0 Å². The van der Waals surface area contributed by atoms with E-state index in [9.17, 15) is 9.59 Å². The maximum atomic E-state index is 11.9. The molecule has 20 heavy (non-hydrogen) atoms. The van der Waals surface area contributed by atoms with Crippen LogP contribution in [0.3, 0.4) is 0 Å². The number of nitrogens with one attached hydrogen (secondary N) is 1. The molecule has 1 amide bonds. The van der Waals surface area contributed by atoms with Gasteiger partial charge in [0.15, 0.2) is 0 Å². The number of amides is 1. The molecule has 0 saturated carbocycles. The molecular weight excluding hydrogens is 258 g/mol. The molecule has 6 heteroatoms. The average molecular weight is 269 g/mol. The van der Waals surface area contributed by atoms with Crippen LogP contribution in [0.5, 0.6) is 0 Å². The summed E-state index contributed by atoms with van der Waals surface area (Å²) in [5, 5.41) is 11.2. The van der Waals surface area contributed by atoms with Crippen LogP contribution in [-0.2, 0) is 4.79 Å². The van der Waals surface area contributed by atoms with Gasteiger partial charge in [0.1, 0.15) is 5.82 Å². The predicted molar refractivity (Wildman–Crippen MR) is 73.1 cm³/mol. The van der Waals surface area contributed by atoms with E-state index in [-0.39, 0.29) is 5.91 Å². The van der Waals surface area contributed by atoms with E-state index in [1.54, 1.807) is 24.3 Å². The van der Waals surface area contributed by atoms with E-state index in [0.29, 0.717) is 16.9 Å². The fraction of sp³-hybridized carbons (Fsp3) is 0. The largest absolute Gasteiger partial charge is 0.478 e. The zero-order valence-electron chi connectivity index (χ0n) is 10.4. The number of nitrogens with zero attached hydrogens (tertiary/aromatic N) is 2. The third-order valence-corrected chi connectivity index (χ3v) is 2.39. The monoisotopic (exact) mass is 269 g/mol. The van der Waals surface area contributed by atoms with Gasteiger partial charge in [0.25, 0.3) is 5.91 Å². The second-order valence-electron chi connectivity index (χ2n) is 3.84. The molecule has 0 aromatic carbocycles. The minimum atomic E-state index is -1.04. The molecule has 0 atom stereocenters. The number of pyridine rings is 2. The second kappa shape index (κ2) is 6.24. The van der Waals surface area contributed by atoms with Gasteiger partial charge >= 0.3 is 5.97 Å². The lowest BCUT2D eigenvalue weighted by atomic mass is 10.2. The lowest BCUT2D eigenvalue weighted by Gasteiger charge is -2.04. The Morgan fingerprint density at radius 1 is 1.15 bits per heavy atom. The molecule has 2 rings (SSSR count). The van der Waals surface area contributed by atoms with Crippen molar-refractivity contribution in [1.82, 2.24) is 9.97 Å². The number of hydrogen-bond donors (Lipinski definition) is 2. The molecule has 0 unspecified atom stereocenters. The van der Waals surface area contributed by atoms with Crippen molar-refractivity contribution in [3.8, 4) is 0 Å². The molecule has 0 saturated heterocycles. The number of aromatic nitrogens is 2. The van der Waals surface area contributed by atoms with Gasteiger partial charge in [0, 0.05) is 30.2 Å². The van der Waals surface area contributed by atoms with Gasteiger partial charge in [-0.1, -0.05) is 0 Å². The van der Waals surface area contributed by atoms with Crippen molar-refractivity contribution < 1.29 is 14.7 Å². The van der Waals surface area contributed by atoms with Crippen molar-refractivity contribution in [3.05, 3.63) is 60.1 Å². The van der Waals surface area contributed by atoms with Crippen molar-refractivity contribution in [2.75, 3.05) is 5.32 Å². The molecule has 0 spiro atoms. The first-order valence-electron chi connectivity index (χ1n) is 5.73. The lowest BCUT2D eigenvalue weighted by molar-refractivity contribution is -0.131. The summed E-state index contributed by atoms with van der Waals surface area (Å²) in [5.74, 6) is -0.997. The van der Waals surface area contributed by atoms with E-state index >= 15 is 0 Å². The normalized spacial score (nSPS) is 10.4. The van der Waals surface area contributed by atoms with Crippen LogP contribution in [-0.4, -0.2) is 27.0 Å². The highest BCUT2D eigenvalue weighted by Gasteiger charge is 2.06. The van der Waals surface area contributed by atoms with E-state index in [4.69, 9.17) is 5.11 Å². The second-order valence-corrected chi connectivity index (χ2v) is 3.84. The third-order valence-electron chi connectivity index (χ3n) is 2.39. The Kier molecular flexibility index (Phi) is 4.18. The number of carbonyl (C=O) groups is 2. The van der Waals surface area contributed by atoms with Gasteiger partial charge in [0.2, 0.25) is 0 Å². The summed E-state index contributed by atoms with van der Waals surface area (Å²) < 4.78 is 0. The van der Waals surface area contributed by atoms with Crippen LogP contribution in [0, 0.1) is 0 Å². The standard InChI is InChI=1S/C14H11N3O3/c18-13(19)2-1-10-3-8-16-12(9-10)17-14(20)11-4-6-15-7-5-11/h1-9H,(H,18,19)(H,16,17,20)/b2-1+. The maximum absolute atomic E-state index is 11.9. The van der Waals surface area contributed by atoms with E-state index in [2.05, 4.69) is 15.3 Å². The van der Waals surface area contributed by atoms with Gasteiger partial charge in [0.05, 0.1) is 0 Å². The van der Waals surface area contributed by atoms with Crippen molar-refractivity contribution in [3.63, 3.8) is 0 Å². The zero-order chi connectivity index (χ0) is 14.4. The van der Waals surface area contributed by atoms with Gasteiger partial charge in [-0.05, 0) is 35.9 Å². The predicted octanol–water partition coefficient (Wildman–Crippen LogP) is 1.83. The number of rotatable bonds is 4. The molecule has 2 N–H and O–H groups in total. The van der Waals surface area contributed by atoms with Gasteiger partial charge in [-0.15, -0.1) is 0 Å². The van der Waals surface area contributed by atoms with E-state index in [1.807, 2.05) is 0 Å². The summed E-state index contributed by atoms with van der Waals surface area (Å²) in [6, 6.07) is 6.40. The quantitative estimate of drug-likeness (QED) is 0.826. The Bertz CT molecular complexity index is 654. The maximum Gasteiger partial charge on any atom is 0.328 e. The van der Waals surface area contributed by atoms with Crippen LogP contribution in [0.4, 0.5) is 5.82 Å². The number of carbonyl (C=O) groups excluding carboxylic acids is 1. The lowest BCUT2D eigenvalue weighted by Crippen LogP contribution is -2.12. The highest BCUT2D eigenvalue weighted by molar-refractivity contribution is 6.03. The first kappa shape index (κ1) is 13.4. The molecule has 100 valence electrons. The minimum absolute atomic E-state index is 0.306. The smallest absolute Gasteiger partial charge is 0.328 e. The summed E-state index contributed by atoms with van der Waals surface area (Å²) >= 11 is 0. The van der Waals surface area contributed by atoms with Crippen molar-refractivity contribution in [2.24, 2.45) is 0 Å². The first-order valence-corrected chi connectivity index (χ1v) is 5.73. The molecule has 0 bridgehead atoms. The van der Waals surface area contributed by atoms with Crippen LogP contribution in [0.15, 0.2) is 48.9 Å². The van der Waals surface area contributed by atoms with Crippen LogP contribution in [0.25, 0.3) is 6.08 Å². The van der Waals surface area contributed by atoms with E-state index in [0.717, 1.165) is 6.08 Å². The van der Waals surface area contributed by atoms with E-state index in [1.165, 1.54) is 24.7 Å². The fourth-order valence-electron chi connectivity index (χ4n) is 1.48. The number of carboxylic acids is 1. The van der Waals surface area contributed by atoms with Crippen LogP contribution in [0.2, 0.25) is 0 Å². The van der Waals surface area contributed by atoms with Crippen LogP contribution >= 0.6 is 0 Å². The Morgan fingerprint density at radius 2 is 1.90 bits per heavy atom. The Labute approximate surface area is 114 Å². The zero-order valence-corrected chi connectivity index (χ0v) is 10.4. The van der Waals surface area contributed by atoms with Crippen LogP contribution < -0.4 is 5.32 Å². The Hall–Kier alpha value is -3.02. The molecule has 2 aromatic rings. The third kappa shape index (κ3) is 3.74. The molecule has 6 nitrogen and oxygen atoms in total. The average Bonchev–Trinajstić information content (AvgIpc) is 2.46. The summed E-state index contributed by atoms with van der Waals surface area (Å²) in [6.45, 7) is 0. The molecule has 0 aliphatic carbocycles. The molecule has 0 aliphatic heterocycles. The summed E-state index contributed by atoms with van der Waals surface area (Å²) in [6.07, 6.45) is 6.97. The summed E-state index contributed by atoms with van der Waals surface area (Å²) in [4.78, 5) is 30.2. The van der Waals surface area contributed by atoms with Gasteiger partial charge in [-0.2, -0.15) is 0 Å². The van der Waals surface area contributed by atoms with Gasteiger partial charge < -0.3 is 10.4 Å². The summed E-state index contributed by atoms with van der Waals surface area (Å²) in [5.41, 5.74) is 1.10. The van der Waals surface area contributed by atoms with E-state index < -0.39 is 5.97 Å². The Morgan fingerprint density at radius 3 is 2.60 bits per heavy atom. The molecular formula is C14H11N3O3. The topological polar surface area (TPSA) is 92.2 Å². The number of anilines is 1. The van der Waals surface area contributed by atoms with Gasteiger partial charge in [-0.25, -0.2) is 9.78 Å². The summed E-state index contributed by atoms with van der Waals surface area (Å²) in [7, 11) is 0. The number of aliphatic carboxylic acids is 1. The Balaban J connectivity index is 2.12. The molecule has 0 radical (unpaired) electrons. The van der Waals surface area contributed by atoms with Crippen molar-refractivity contribution in [1.29, 1.82) is 0 Å². The molecule has 2 heterocycles. The first-order chi connectivity index (χ1) is 9.65. The number of hydrogen-bond acceptors (Lipinski definition) is 4. The fourth-order valence-corrected chi connectivity index (χ4v) is 1.48. The highest BCUT2D eigenvalue weighted by Crippen LogP contribution is 2.10. The minimum Gasteiger partial charge on any atom is -0.478 e. The molecule has 0 fully saturated rings.